The summed E-state index contributed by atoms with van der Waals surface area (Å²) in [4.78, 5) is 4.29. The SMILES string of the molecule is ONc1ccc(N2CCN(c3ccc(C(F)(F)F)cc3)CC2)cc1. The van der Waals surface area contributed by atoms with Crippen LogP contribution in [0.4, 0.5) is 30.2 Å². The van der Waals surface area contributed by atoms with Crippen LogP contribution in [0.15, 0.2) is 48.5 Å². The fourth-order valence-corrected chi connectivity index (χ4v) is 2.83. The summed E-state index contributed by atoms with van der Waals surface area (Å²) in [6, 6.07) is 12.7. The van der Waals surface area contributed by atoms with Crippen LogP contribution in [0.25, 0.3) is 0 Å². The Morgan fingerprint density at radius 3 is 1.54 bits per heavy atom. The van der Waals surface area contributed by atoms with Gasteiger partial charge in [0.1, 0.15) is 0 Å². The average Bonchev–Trinajstić information content (AvgIpc) is 2.61. The highest BCUT2D eigenvalue weighted by molar-refractivity contribution is 5.56. The first-order chi connectivity index (χ1) is 11.5. The third-order valence-corrected chi connectivity index (χ3v) is 4.20. The molecule has 24 heavy (non-hydrogen) atoms. The molecule has 2 aromatic carbocycles. The molecule has 0 radical (unpaired) electrons. The van der Waals surface area contributed by atoms with Crippen LogP contribution in [0.3, 0.4) is 0 Å². The maximum Gasteiger partial charge on any atom is 0.416 e. The van der Waals surface area contributed by atoms with Crippen LogP contribution in [0.5, 0.6) is 0 Å². The van der Waals surface area contributed by atoms with Gasteiger partial charge >= 0.3 is 6.18 Å². The summed E-state index contributed by atoms with van der Waals surface area (Å²) in [7, 11) is 0. The molecule has 0 amide bonds. The van der Waals surface area contributed by atoms with Crippen LogP contribution < -0.4 is 15.3 Å². The summed E-state index contributed by atoms with van der Waals surface area (Å²) in [5.74, 6) is 0. The zero-order valence-corrected chi connectivity index (χ0v) is 12.9. The standard InChI is InChI=1S/C17H18F3N3O/c18-17(19,20)13-1-5-15(6-2-13)22-9-11-23(12-10-22)16-7-3-14(21-24)4-8-16/h1-8,21,24H,9-12H2. The van der Waals surface area contributed by atoms with Gasteiger partial charge in [0.25, 0.3) is 0 Å². The van der Waals surface area contributed by atoms with Crippen molar-refractivity contribution in [2.24, 2.45) is 0 Å². The number of benzene rings is 2. The van der Waals surface area contributed by atoms with E-state index in [1.807, 2.05) is 12.1 Å². The molecule has 3 rings (SSSR count). The Morgan fingerprint density at radius 1 is 0.750 bits per heavy atom. The van der Waals surface area contributed by atoms with Crippen molar-refractivity contribution in [1.82, 2.24) is 0 Å². The Morgan fingerprint density at radius 2 is 1.17 bits per heavy atom. The van der Waals surface area contributed by atoms with Crippen LogP contribution >= 0.6 is 0 Å². The predicted molar refractivity (Wildman–Crippen MR) is 87.7 cm³/mol. The summed E-state index contributed by atoms with van der Waals surface area (Å²) in [5.41, 5.74) is 3.96. The number of hydrogen-bond donors (Lipinski definition) is 2. The zero-order chi connectivity index (χ0) is 17.2. The Labute approximate surface area is 138 Å². The van der Waals surface area contributed by atoms with Crippen LogP contribution in [0, 0.1) is 0 Å². The van der Waals surface area contributed by atoms with E-state index in [-0.39, 0.29) is 0 Å². The number of alkyl halides is 3. The van der Waals surface area contributed by atoms with E-state index in [0.717, 1.165) is 49.7 Å². The Balaban J connectivity index is 1.62. The molecule has 0 spiro atoms. The number of nitrogens with zero attached hydrogens (tertiary/aromatic N) is 2. The van der Waals surface area contributed by atoms with Crippen molar-refractivity contribution in [1.29, 1.82) is 0 Å². The lowest BCUT2D eigenvalue weighted by Crippen LogP contribution is -2.46. The third kappa shape index (κ3) is 3.56. The van der Waals surface area contributed by atoms with Gasteiger partial charge in [0.2, 0.25) is 0 Å². The minimum absolute atomic E-state index is 0.623. The third-order valence-electron chi connectivity index (χ3n) is 4.20. The van der Waals surface area contributed by atoms with Crippen LogP contribution in [-0.4, -0.2) is 31.4 Å². The molecule has 0 unspecified atom stereocenters. The van der Waals surface area contributed by atoms with E-state index in [2.05, 4.69) is 15.3 Å². The van der Waals surface area contributed by atoms with Gasteiger partial charge in [-0.2, -0.15) is 13.2 Å². The molecule has 2 aromatic rings. The molecule has 1 heterocycles. The molecule has 0 aromatic heterocycles. The lowest BCUT2D eigenvalue weighted by atomic mass is 10.1. The second kappa shape index (κ2) is 6.60. The van der Waals surface area contributed by atoms with Gasteiger partial charge in [0, 0.05) is 37.6 Å². The van der Waals surface area contributed by atoms with E-state index in [4.69, 9.17) is 5.21 Å². The molecule has 0 aliphatic carbocycles. The summed E-state index contributed by atoms with van der Waals surface area (Å²) >= 11 is 0. The van der Waals surface area contributed by atoms with Crippen molar-refractivity contribution in [3.8, 4) is 0 Å². The fraction of sp³-hybridized carbons (Fsp3) is 0.294. The maximum absolute atomic E-state index is 12.6. The number of halogens is 3. The molecule has 1 fully saturated rings. The lowest BCUT2D eigenvalue weighted by Gasteiger charge is -2.37. The van der Waals surface area contributed by atoms with Crippen molar-refractivity contribution in [3.63, 3.8) is 0 Å². The molecule has 7 heteroatoms. The highest BCUT2D eigenvalue weighted by atomic mass is 19.4. The van der Waals surface area contributed by atoms with E-state index in [1.165, 1.54) is 12.1 Å². The quantitative estimate of drug-likeness (QED) is 0.835. The monoisotopic (exact) mass is 337 g/mol. The number of anilines is 3. The lowest BCUT2D eigenvalue weighted by molar-refractivity contribution is -0.137. The normalized spacial score (nSPS) is 15.5. The molecule has 4 nitrogen and oxygen atoms in total. The van der Waals surface area contributed by atoms with Crippen molar-refractivity contribution in [2.75, 3.05) is 41.5 Å². The van der Waals surface area contributed by atoms with Gasteiger partial charge in [-0.1, -0.05) is 0 Å². The topological polar surface area (TPSA) is 38.7 Å². The highest BCUT2D eigenvalue weighted by Crippen LogP contribution is 2.31. The molecular weight excluding hydrogens is 319 g/mol. The van der Waals surface area contributed by atoms with E-state index >= 15 is 0 Å². The molecule has 1 aliphatic heterocycles. The van der Waals surface area contributed by atoms with Gasteiger partial charge in [0.15, 0.2) is 0 Å². The van der Waals surface area contributed by atoms with Gasteiger partial charge < -0.3 is 9.80 Å². The van der Waals surface area contributed by atoms with E-state index in [1.54, 1.807) is 12.1 Å². The summed E-state index contributed by atoms with van der Waals surface area (Å²) in [6.07, 6.45) is -4.30. The molecule has 0 bridgehead atoms. The smallest absolute Gasteiger partial charge is 0.368 e. The van der Waals surface area contributed by atoms with Crippen LogP contribution in [0.2, 0.25) is 0 Å². The second-order valence-corrected chi connectivity index (χ2v) is 5.68. The minimum atomic E-state index is -4.30. The molecule has 0 saturated carbocycles. The molecule has 0 atom stereocenters. The number of piperazine rings is 1. The van der Waals surface area contributed by atoms with Crippen LogP contribution in [0.1, 0.15) is 5.56 Å². The van der Waals surface area contributed by atoms with Crippen LogP contribution in [-0.2, 0) is 6.18 Å². The van der Waals surface area contributed by atoms with Crippen molar-refractivity contribution < 1.29 is 18.4 Å². The van der Waals surface area contributed by atoms with Crippen molar-refractivity contribution >= 4 is 17.1 Å². The second-order valence-electron chi connectivity index (χ2n) is 5.68. The average molecular weight is 337 g/mol. The first kappa shape index (κ1) is 16.4. The first-order valence-electron chi connectivity index (χ1n) is 7.65. The Bertz CT molecular complexity index is 663. The molecular formula is C17H18F3N3O. The largest absolute Gasteiger partial charge is 0.416 e. The highest BCUT2D eigenvalue weighted by Gasteiger charge is 2.30. The van der Waals surface area contributed by atoms with Crippen molar-refractivity contribution in [3.05, 3.63) is 54.1 Å². The van der Waals surface area contributed by atoms with Gasteiger partial charge in [0.05, 0.1) is 11.3 Å². The molecule has 1 saturated heterocycles. The molecule has 128 valence electrons. The van der Waals surface area contributed by atoms with Gasteiger partial charge in [-0.3, -0.25) is 10.7 Å². The zero-order valence-electron chi connectivity index (χ0n) is 12.9. The molecule has 1 aliphatic rings. The minimum Gasteiger partial charge on any atom is -0.368 e. The van der Waals surface area contributed by atoms with E-state index in [0.29, 0.717) is 5.69 Å². The van der Waals surface area contributed by atoms with Crippen molar-refractivity contribution in [2.45, 2.75) is 6.18 Å². The number of rotatable bonds is 3. The Kier molecular flexibility index (Phi) is 4.53. The van der Waals surface area contributed by atoms with E-state index in [9.17, 15) is 13.2 Å². The number of hydrogen-bond acceptors (Lipinski definition) is 4. The summed E-state index contributed by atoms with van der Waals surface area (Å²) in [6.45, 7) is 3.05. The first-order valence-corrected chi connectivity index (χ1v) is 7.65. The van der Waals surface area contributed by atoms with E-state index < -0.39 is 11.7 Å². The van der Waals surface area contributed by atoms with Gasteiger partial charge in [-0.15, -0.1) is 0 Å². The van der Waals surface area contributed by atoms with Gasteiger partial charge in [-0.05, 0) is 48.5 Å². The predicted octanol–water partition coefficient (Wildman–Crippen LogP) is 3.83. The summed E-state index contributed by atoms with van der Waals surface area (Å²) < 4.78 is 37.8. The maximum atomic E-state index is 12.6. The van der Waals surface area contributed by atoms with Gasteiger partial charge in [-0.25, -0.2) is 0 Å². The fourth-order valence-electron chi connectivity index (χ4n) is 2.83. The summed E-state index contributed by atoms with van der Waals surface area (Å²) in [5, 5.41) is 8.83. The Hall–Kier alpha value is -2.41. The number of nitrogens with one attached hydrogen (secondary N) is 1. The molecule has 2 N–H and O–H groups in total.